The SMILES string of the molecule is CN(C)C(C)(C)C(N)=S. The van der Waals surface area contributed by atoms with Gasteiger partial charge in [0.2, 0.25) is 0 Å². The van der Waals surface area contributed by atoms with E-state index < -0.39 is 0 Å². The van der Waals surface area contributed by atoms with Crippen molar-refractivity contribution in [2.24, 2.45) is 5.73 Å². The predicted octanol–water partition coefficient (Wildman–Crippen LogP) is 0.613. The smallest absolute Gasteiger partial charge is 0.0928 e. The summed E-state index contributed by atoms with van der Waals surface area (Å²) in [5, 5.41) is 0. The molecular formula is C6H14N2S. The minimum absolute atomic E-state index is 0.157. The van der Waals surface area contributed by atoms with Crippen LogP contribution in [0.4, 0.5) is 0 Å². The van der Waals surface area contributed by atoms with Gasteiger partial charge in [-0.2, -0.15) is 0 Å². The molecule has 0 saturated heterocycles. The summed E-state index contributed by atoms with van der Waals surface area (Å²) in [6.07, 6.45) is 0. The Kier molecular flexibility index (Phi) is 2.58. The van der Waals surface area contributed by atoms with Crippen LogP contribution in [0.1, 0.15) is 13.8 Å². The lowest BCUT2D eigenvalue weighted by atomic mass is 10.1. The molecule has 0 unspecified atom stereocenters. The average molecular weight is 146 g/mol. The lowest BCUT2D eigenvalue weighted by Crippen LogP contribution is -2.48. The van der Waals surface area contributed by atoms with E-state index in [-0.39, 0.29) is 5.54 Å². The summed E-state index contributed by atoms with van der Waals surface area (Å²) >= 11 is 4.84. The fraction of sp³-hybridized carbons (Fsp3) is 0.833. The molecule has 0 atom stereocenters. The van der Waals surface area contributed by atoms with Gasteiger partial charge < -0.3 is 5.73 Å². The van der Waals surface area contributed by atoms with E-state index in [4.69, 9.17) is 18.0 Å². The molecule has 0 amide bonds. The molecule has 0 aliphatic rings. The van der Waals surface area contributed by atoms with Crippen LogP contribution in [0.5, 0.6) is 0 Å². The number of likely N-dealkylation sites (N-methyl/N-ethyl adjacent to an activating group) is 1. The van der Waals surface area contributed by atoms with E-state index in [0.717, 1.165) is 0 Å². The maximum absolute atomic E-state index is 5.46. The lowest BCUT2D eigenvalue weighted by Gasteiger charge is -2.30. The quantitative estimate of drug-likeness (QED) is 0.579. The Labute approximate surface area is 62.0 Å². The molecule has 0 aromatic carbocycles. The first-order chi connectivity index (χ1) is 3.89. The second kappa shape index (κ2) is 2.62. The third-order valence-corrected chi connectivity index (χ3v) is 2.22. The Balaban J connectivity index is 4.19. The highest BCUT2D eigenvalue weighted by atomic mass is 32.1. The third-order valence-electron chi connectivity index (χ3n) is 1.72. The van der Waals surface area contributed by atoms with Crippen molar-refractivity contribution in [1.82, 2.24) is 4.90 Å². The van der Waals surface area contributed by atoms with Crippen LogP contribution in [0.15, 0.2) is 0 Å². The van der Waals surface area contributed by atoms with Gasteiger partial charge in [-0.15, -0.1) is 0 Å². The summed E-state index contributed by atoms with van der Waals surface area (Å²) in [7, 11) is 3.92. The number of thiocarbonyl (C=S) groups is 1. The molecule has 0 bridgehead atoms. The van der Waals surface area contributed by atoms with Crippen molar-refractivity contribution in [2.45, 2.75) is 19.4 Å². The summed E-state index contributed by atoms with van der Waals surface area (Å²) in [5.41, 5.74) is 5.30. The molecule has 54 valence electrons. The van der Waals surface area contributed by atoms with Gasteiger partial charge in [0.15, 0.2) is 0 Å². The predicted molar refractivity (Wildman–Crippen MR) is 44.6 cm³/mol. The fourth-order valence-electron chi connectivity index (χ4n) is 0.220. The van der Waals surface area contributed by atoms with Crippen molar-refractivity contribution in [3.05, 3.63) is 0 Å². The summed E-state index contributed by atoms with van der Waals surface area (Å²) < 4.78 is 0. The zero-order valence-electron chi connectivity index (χ0n) is 6.43. The van der Waals surface area contributed by atoms with Crippen molar-refractivity contribution in [3.8, 4) is 0 Å². The minimum Gasteiger partial charge on any atom is -0.392 e. The van der Waals surface area contributed by atoms with Crippen LogP contribution < -0.4 is 5.73 Å². The molecule has 0 spiro atoms. The average Bonchev–Trinajstić information content (AvgIpc) is 1.65. The first kappa shape index (κ1) is 8.85. The molecule has 9 heavy (non-hydrogen) atoms. The Hall–Kier alpha value is -0.150. The molecule has 2 nitrogen and oxygen atoms in total. The number of hydrogen-bond acceptors (Lipinski definition) is 2. The molecule has 0 fully saturated rings. The Bertz CT molecular complexity index is 118. The number of hydrogen-bond donors (Lipinski definition) is 1. The van der Waals surface area contributed by atoms with Gasteiger partial charge in [0.05, 0.1) is 10.5 Å². The van der Waals surface area contributed by atoms with E-state index in [0.29, 0.717) is 4.99 Å². The van der Waals surface area contributed by atoms with Crippen molar-refractivity contribution in [1.29, 1.82) is 0 Å². The van der Waals surface area contributed by atoms with Gasteiger partial charge in [-0.05, 0) is 27.9 Å². The van der Waals surface area contributed by atoms with Crippen molar-refractivity contribution >= 4 is 17.2 Å². The number of nitrogens with zero attached hydrogens (tertiary/aromatic N) is 1. The van der Waals surface area contributed by atoms with E-state index in [2.05, 4.69) is 0 Å². The van der Waals surface area contributed by atoms with Gasteiger partial charge >= 0.3 is 0 Å². The molecular weight excluding hydrogens is 132 g/mol. The van der Waals surface area contributed by atoms with Gasteiger partial charge in [0.1, 0.15) is 0 Å². The molecule has 0 radical (unpaired) electrons. The highest BCUT2D eigenvalue weighted by molar-refractivity contribution is 7.80. The minimum atomic E-state index is -0.157. The molecule has 0 aromatic rings. The summed E-state index contributed by atoms with van der Waals surface area (Å²) in [6.45, 7) is 3.99. The molecule has 0 aromatic heterocycles. The van der Waals surface area contributed by atoms with Crippen LogP contribution >= 0.6 is 12.2 Å². The van der Waals surface area contributed by atoms with Crippen LogP contribution in [-0.4, -0.2) is 29.5 Å². The maximum Gasteiger partial charge on any atom is 0.0928 e. The first-order valence-corrected chi connectivity index (χ1v) is 3.27. The van der Waals surface area contributed by atoms with Gasteiger partial charge in [-0.25, -0.2) is 0 Å². The summed E-state index contributed by atoms with van der Waals surface area (Å²) in [5.74, 6) is 0. The molecule has 3 heteroatoms. The standard InChI is InChI=1S/C6H14N2S/c1-6(2,5(7)9)8(3)4/h1-4H3,(H2,7,9). The highest BCUT2D eigenvalue weighted by Gasteiger charge is 2.22. The number of nitrogens with two attached hydrogens (primary N) is 1. The molecule has 0 aliphatic carbocycles. The van der Waals surface area contributed by atoms with Gasteiger partial charge in [0, 0.05) is 0 Å². The largest absolute Gasteiger partial charge is 0.392 e. The normalized spacial score (nSPS) is 12.1. The summed E-state index contributed by atoms with van der Waals surface area (Å²) in [6, 6.07) is 0. The summed E-state index contributed by atoms with van der Waals surface area (Å²) in [4.78, 5) is 2.53. The van der Waals surface area contributed by atoms with Crippen LogP contribution in [0.2, 0.25) is 0 Å². The lowest BCUT2D eigenvalue weighted by molar-refractivity contribution is 0.275. The molecule has 0 heterocycles. The van der Waals surface area contributed by atoms with Crippen LogP contribution in [0.3, 0.4) is 0 Å². The van der Waals surface area contributed by atoms with Crippen LogP contribution in [-0.2, 0) is 0 Å². The molecule has 0 rings (SSSR count). The monoisotopic (exact) mass is 146 g/mol. The zero-order chi connectivity index (χ0) is 7.65. The van der Waals surface area contributed by atoms with E-state index >= 15 is 0 Å². The maximum atomic E-state index is 5.46. The zero-order valence-corrected chi connectivity index (χ0v) is 7.25. The second-order valence-electron chi connectivity index (χ2n) is 2.82. The molecule has 2 N–H and O–H groups in total. The van der Waals surface area contributed by atoms with E-state index in [1.54, 1.807) is 0 Å². The fourth-order valence-corrected chi connectivity index (χ4v) is 0.403. The van der Waals surface area contributed by atoms with Gasteiger partial charge in [0.25, 0.3) is 0 Å². The topological polar surface area (TPSA) is 29.3 Å². The van der Waals surface area contributed by atoms with E-state index in [9.17, 15) is 0 Å². The van der Waals surface area contributed by atoms with Gasteiger partial charge in [-0.1, -0.05) is 12.2 Å². The Morgan fingerprint density at radius 1 is 1.44 bits per heavy atom. The van der Waals surface area contributed by atoms with Crippen molar-refractivity contribution < 1.29 is 0 Å². The second-order valence-corrected chi connectivity index (χ2v) is 3.26. The van der Waals surface area contributed by atoms with Crippen LogP contribution in [0, 0.1) is 0 Å². The highest BCUT2D eigenvalue weighted by Crippen LogP contribution is 2.08. The van der Waals surface area contributed by atoms with Crippen molar-refractivity contribution in [3.63, 3.8) is 0 Å². The Morgan fingerprint density at radius 3 is 1.78 bits per heavy atom. The van der Waals surface area contributed by atoms with Gasteiger partial charge in [-0.3, -0.25) is 4.90 Å². The Morgan fingerprint density at radius 2 is 1.78 bits per heavy atom. The number of rotatable bonds is 2. The first-order valence-electron chi connectivity index (χ1n) is 2.86. The third kappa shape index (κ3) is 1.91. The van der Waals surface area contributed by atoms with Crippen molar-refractivity contribution in [2.75, 3.05) is 14.1 Å². The van der Waals surface area contributed by atoms with E-state index in [1.165, 1.54) is 0 Å². The molecule has 0 saturated carbocycles. The van der Waals surface area contributed by atoms with Crippen LogP contribution in [0.25, 0.3) is 0 Å². The van der Waals surface area contributed by atoms with E-state index in [1.807, 2.05) is 32.8 Å². The molecule has 0 aliphatic heterocycles.